The van der Waals surface area contributed by atoms with Gasteiger partial charge in [-0.1, -0.05) is 19.9 Å². The van der Waals surface area contributed by atoms with E-state index in [2.05, 4.69) is 17.2 Å². The molecule has 0 aromatic rings. The molecule has 23 heavy (non-hydrogen) atoms. The van der Waals surface area contributed by atoms with Crippen molar-refractivity contribution < 1.29 is 19.4 Å². The Hall–Kier alpha value is -1.66. The lowest BCUT2D eigenvalue weighted by molar-refractivity contribution is -0.133. The Kier molecular flexibility index (Phi) is 7.98. The summed E-state index contributed by atoms with van der Waals surface area (Å²) in [6.45, 7) is 9.71. The van der Waals surface area contributed by atoms with E-state index in [0.29, 0.717) is 18.5 Å². The minimum absolute atomic E-state index is 0.0284. The van der Waals surface area contributed by atoms with Gasteiger partial charge in [0, 0.05) is 25.1 Å². The molecule has 1 amide bonds. The molecule has 0 unspecified atom stereocenters. The van der Waals surface area contributed by atoms with Crippen LogP contribution < -0.4 is 10.6 Å². The van der Waals surface area contributed by atoms with Gasteiger partial charge in [0.2, 0.25) is 5.91 Å². The number of hydrogen-bond donors (Lipinski definition) is 3. The largest absolute Gasteiger partial charge is 0.478 e. The highest BCUT2D eigenvalue weighted by molar-refractivity contribution is 5.87. The van der Waals surface area contributed by atoms with E-state index in [1.165, 1.54) is 6.92 Å². The first-order chi connectivity index (χ1) is 10.9. The van der Waals surface area contributed by atoms with Gasteiger partial charge in [0.25, 0.3) is 0 Å². The number of carbonyl (C=O) groups excluding carboxylic acids is 1. The van der Waals surface area contributed by atoms with Gasteiger partial charge in [-0.25, -0.2) is 4.79 Å². The fourth-order valence-corrected chi connectivity index (χ4v) is 2.80. The Labute approximate surface area is 138 Å². The van der Waals surface area contributed by atoms with E-state index < -0.39 is 12.1 Å². The van der Waals surface area contributed by atoms with Crippen molar-refractivity contribution in [2.45, 2.75) is 64.3 Å². The lowest BCUT2D eigenvalue weighted by Gasteiger charge is -2.38. The number of amides is 1. The summed E-state index contributed by atoms with van der Waals surface area (Å²) >= 11 is 0. The normalized spacial score (nSPS) is 24.2. The van der Waals surface area contributed by atoms with Crippen molar-refractivity contribution in [3.8, 4) is 0 Å². The van der Waals surface area contributed by atoms with Gasteiger partial charge in [0.15, 0.2) is 0 Å². The number of aliphatic carboxylic acids is 1. The maximum atomic E-state index is 11.6. The van der Waals surface area contributed by atoms with E-state index in [1.54, 1.807) is 12.2 Å². The Bertz CT molecular complexity index is 458. The van der Waals surface area contributed by atoms with Crippen molar-refractivity contribution in [2.24, 2.45) is 0 Å². The minimum Gasteiger partial charge on any atom is -0.478 e. The number of hydrogen-bond acceptors (Lipinski definition) is 4. The van der Waals surface area contributed by atoms with Crippen LogP contribution in [0.5, 0.6) is 0 Å². The van der Waals surface area contributed by atoms with E-state index in [0.717, 1.165) is 12.8 Å². The third-order valence-electron chi connectivity index (χ3n) is 4.02. The van der Waals surface area contributed by atoms with Crippen LogP contribution in [0.3, 0.4) is 0 Å². The molecule has 6 nitrogen and oxygen atoms in total. The first-order valence-corrected chi connectivity index (χ1v) is 8.13. The van der Waals surface area contributed by atoms with Crippen LogP contribution in [0.15, 0.2) is 24.3 Å². The number of carbonyl (C=O) groups is 2. The van der Waals surface area contributed by atoms with E-state index in [1.807, 2.05) is 13.8 Å². The molecular weight excluding hydrogens is 296 g/mol. The highest BCUT2D eigenvalue weighted by Gasteiger charge is 2.36. The first kappa shape index (κ1) is 19.4. The van der Waals surface area contributed by atoms with Crippen molar-refractivity contribution in [1.29, 1.82) is 0 Å². The van der Waals surface area contributed by atoms with E-state index in [4.69, 9.17) is 4.74 Å². The second-order valence-electron chi connectivity index (χ2n) is 5.77. The standard InChI is InChI=1S/C17H28N2O4/c1-5-8-18-14-9-12(17(21)22)10-15(16(14)19-11(4)20)23-13(6-2)7-3/h5,10,13-16,18H,1,6-9H2,2-4H3,(H,19,20)(H,21,22)/t14-,15+,16+/m0/s1. The van der Waals surface area contributed by atoms with Crippen LogP contribution in [0.1, 0.15) is 40.0 Å². The molecule has 1 rings (SSSR count). The van der Waals surface area contributed by atoms with Gasteiger partial charge in [0.1, 0.15) is 0 Å². The summed E-state index contributed by atoms with van der Waals surface area (Å²) in [4.78, 5) is 23.0. The summed E-state index contributed by atoms with van der Waals surface area (Å²) in [7, 11) is 0. The van der Waals surface area contributed by atoms with Crippen molar-refractivity contribution in [3.05, 3.63) is 24.3 Å². The van der Waals surface area contributed by atoms with E-state index >= 15 is 0 Å². The average molecular weight is 324 g/mol. The SMILES string of the molecule is C=CCN[C@H]1CC(C(=O)O)=C[C@@H](OC(CC)CC)[C@@H]1NC(C)=O. The molecule has 3 N–H and O–H groups in total. The zero-order valence-corrected chi connectivity index (χ0v) is 14.2. The second-order valence-corrected chi connectivity index (χ2v) is 5.77. The van der Waals surface area contributed by atoms with Crippen molar-refractivity contribution in [3.63, 3.8) is 0 Å². The van der Waals surface area contributed by atoms with Crippen LogP contribution in [-0.2, 0) is 14.3 Å². The third-order valence-corrected chi connectivity index (χ3v) is 4.02. The second kappa shape index (κ2) is 9.47. The lowest BCUT2D eigenvalue weighted by atomic mass is 9.87. The highest BCUT2D eigenvalue weighted by Crippen LogP contribution is 2.24. The minimum atomic E-state index is -0.949. The molecule has 1 aliphatic rings. The average Bonchev–Trinajstić information content (AvgIpc) is 2.51. The molecule has 0 heterocycles. The fourth-order valence-electron chi connectivity index (χ4n) is 2.80. The molecule has 0 saturated heterocycles. The van der Waals surface area contributed by atoms with Crippen LogP contribution >= 0.6 is 0 Å². The molecule has 0 radical (unpaired) electrons. The molecule has 0 saturated carbocycles. The molecule has 0 spiro atoms. The maximum absolute atomic E-state index is 11.6. The van der Waals surface area contributed by atoms with Crippen LogP contribution in [0, 0.1) is 0 Å². The van der Waals surface area contributed by atoms with E-state index in [-0.39, 0.29) is 24.1 Å². The Balaban J connectivity index is 3.07. The quantitative estimate of drug-likeness (QED) is 0.561. The smallest absolute Gasteiger partial charge is 0.331 e. The van der Waals surface area contributed by atoms with Crippen LogP contribution in [0.25, 0.3) is 0 Å². The number of carboxylic acid groups (broad SMARTS) is 1. The zero-order valence-electron chi connectivity index (χ0n) is 14.2. The fraction of sp³-hybridized carbons (Fsp3) is 0.647. The Morgan fingerprint density at radius 1 is 1.48 bits per heavy atom. The van der Waals surface area contributed by atoms with E-state index in [9.17, 15) is 14.7 Å². The molecule has 0 bridgehead atoms. The van der Waals surface area contributed by atoms with Crippen LogP contribution in [0.4, 0.5) is 0 Å². The number of nitrogens with one attached hydrogen (secondary N) is 2. The van der Waals surface area contributed by atoms with Crippen LogP contribution in [0.2, 0.25) is 0 Å². The molecule has 0 fully saturated rings. The number of carboxylic acids is 1. The van der Waals surface area contributed by atoms with Crippen molar-refractivity contribution >= 4 is 11.9 Å². The molecule has 6 heteroatoms. The van der Waals surface area contributed by atoms with Crippen molar-refractivity contribution in [2.75, 3.05) is 6.54 Å². The van der Waals surface area contributed by atoms with Gasteiger partial charge >= 0.3 is 5.97 Å². The number of ether oxygens (including phenoxy) is 1. The molecule has 1 aliphatic carbocycles. The maximum Gasteiger partial charge on any atom is 0.331 e. The van der Waals surface area contributed by atoms with Gasteiger partial charge in [-0.2, -0.15) is 0 Å². The summed E-state index contributed by atoms with van der Waals surface area (Å²) in [5, 5.41) is 15.5. The summed E-state index contributed by atoms with van der Waals surface area (Å²) in [6, 6.07) is -0.525. The summed E-state index contributed by atoms with van der Waals surface area (Å²) in [5.74, 6) is -1.11. The molecule has 0 aliphatic heterocycles. The van der Waals surface area contributed by atoms with Gasteiger partial charge < -0.3 is 20.5 Å². The summed E-state index contributed by atoms with van der Waals surface area (Å²) < 4.78 is 6.07. The monoisotopic (exact) mass is 324 g/mol. The molecule has 3 atom stereocenters. The van der Waals surface area contributed by atoms with Gasteiger partial charge in [-0.15, -0.1) is 6.58 Å². The molecule has 130 valence electrons. The molecular formula is C17H28N2O4. The predicted molar refractivity (Wildman–Crippen MR) is 89.2 cm³/mol. The molecule has 0 aromatic carbocycles. The van der Waals surface area contributed by atoms with Gasteiger partial charge in [-0.3, -0.25) is 4.79 Å². The van der Waals surface area contributed by atoms with Gasteiger partial charge in [-0.05, 0) is 25.3 Å². The zero-order chi connectivity index (χ0) is 17.4. The van der Waals surface area contributed by atoms with Crippen LogP contribution in [-0.4, -0.2) is 47.8 Å². The molecule has 0 aromatic heterocycles. The lowest BCUT2D eigenvalue weighted by Crippen LogP contribution is -2.58. The number of rotatable bonds is 9. The first-order valence-electron chi connectivity index (χ1n) is 8.13. The Morgan fingerprint density at radius 2 is 2.13 bits per heavy atom. The highest BCUT2D eigenvalue weighted by atomic mass is 16.5. The van der Waals surface area contributed by atoms with Crippen molar-refractivity contribution in [1.82, 2.24) is 10.6 Å². The Morgan fingerprint density at radius 3 is 2.61 bits per heavy atom. The summed E-state index contributed by atoms with van der Waals surface area (Å²) in [5.41, 5.74) is 0.309. The third kappa shape index (κ3) is 5.80. The van der Waals surface area contributed by atoms with Gasteiger partial charge in [0.05, 0.1) is 18.2 Å². The topological polar surface area (TPSA) is 87.7 Å². The summed E-state index contributed by atoms with van der Waals surface area (Å²) in [6.07, 6.45) is 4.90. The predicted octanol–water partition coefficient (Wildman–Crippen LogP) is 1.62.